The molecular formula is C20H21NO5. The van der Waals surface area contributed by atoms with Crippen LogP contribution in [-0.2, 0) is 4.79 Å². The highest BCUT2D eigenvalue weighted by Gasteiger charge is 2.12. The van der Waals surface area contributed by atoms with Gasteiger partial charge in [0.15, 0.2) is 11.5 Å². The van der Waals surface area contributed by atoms with Gasteiger partial charge < -0.3 is 24.3 Å². The first-order chi connectivity index (χ1) is 12.7. The van der Waals surface area contributed by atoms with Gasteiger partial charge in [0.05, 0.1) is 18.9 Å². The van der Waals surface area contributed by atoms with Gasteiger partial charge in [-0.15, -0.1) is 0 Å². The Labute approximate surface area is 152 Å². The minimum atomic E-state index is -0.266. The molecule has 0 unspecified atom stereocenters. The van der Waals surface area contributed by atoms with Gasteiger partial charge in [-0.05, 0) is 49.8 Å². The molecule has 1 heterocycles. The van der Waals surface area contributed by atoms with Crippen LogP contribution in [0.2, 0.25) is 0 Å². The van der Waals surface area contributed by atoms with Crippen molar-refractivity contribution in [3.05, 3.63) is 48.0 Å². The number of ether oxygens (including phenoxy) is 4. The molecule has 0 aliphatic carbocycles. The van der Waals surface area contributed by atoms with Crippen LogP contribution in [-0.4, -0.2) is 25.9 Å². The van der Waals surface area contributed by atoms with Crippen molar-refractivity contribution in [3.63, 3.8) is 0 Å². The molecule has 0 fully saturated rings. The van der Waals surface area contributed by atoms with E-state index in [1.807, 2.05) is 38.1 Å². The number of nitrogens with one attached hydrogen (secondary N) is 1. The maximum Gasteiger partial charge on any atom is 0.248 e. The van der Waals surface area contributed by atoms with Crippen LogP contribution >= 0.6 is 0 Å². The van der Waals surface area contributed by atoms with Crippen molar-refractivity contribution in [1.29, 1.82) is 0 Å². The average molecular weight is 355 g/mol. The first-order valence-corrected chi connectivity index (χ1v) is 8.48. The maximum absolute atomic E-state index is 12.3. The van der Waals surface area contributed by atoms with Crippen LogP contribution in [0.4, 0.5) is 5.69 Å². The maximum atomic E-state index is 12.3. The molecule has 0 atom stereocenters. The molecule has 26 heavy (non-hydrogen) atoms. The van der Waals surface area contributed by atoms with Gasteiger partial charge >= 0.3 is 0 Å². The average Bonchev–Trinajstić information content (AvgIpc) is 3.10. The smallest absolute Gasteiger partial charge is 0.248 e. The first kappa shape index (κ1) is 17.7. The summed E-state index contributed by atoms with van der Waals surface area (Å²) in [5.41, 5.74) is 1.41. The zero-order chi connectivity index (χ0) is 18.4. The number of fused-ring (bicyclic) bond motifs is 1. The number of benzene rings is 2. The summed E-state index contributed by atoms with van der Waals surface area (Å²) in [5, 5.41) is 2.83. The van der Waals surface area contributed by atoms with Gasteiger partial charge in [-0.1, -0.05) is 6.07 Å². The number of rotatable bonds is 7. The van der Waals surface area contributed by atoms with Crippen molar-refractivity contribution < 1.29 is 23.7 Å². The lowest BCUT2D eigenvalue weighted by Crippen LogP contribution is -2.10. The Bertz CT molecular complexity index is 816. The second-order valence-corrected chi connectivity index (χ2v) is 5.46. The summed E-state index contributed by atoms with van der Waals surface area (Å²) in [7, 11) is 0. The fourth-order valence-electron chi connectivity index (χ4n) is 2.51. The quantitative estimate of drug-likeness (QED) is 0.764. The van der Waals surface area contributed by atoms with Crippen molar-refractivity contribution in [2.24, 2.45) is 0 Å². The molecule has 0 saturated carbocycles. The Morgan fingerprint density at radius 1 is 1.08 bits per heavy atom. The molecule has 0 radical (unpaired) electrons. The van der Waals surface area contributed by atoms with Crippen LogP contribution in [0.1, 0.15) is 19.4 Å². The van der Waals surface area contributed by atoms with E-state index in [1.165, 1.54) is 6.08 Å². The molecule has 1 N–H and O–H groups in total. The second-order valence-electron chi connectivity index (χ2n) is 5.46. The lowest BCUT2D eigenvalue weighted by atomic mass is 10.2. The van der Waals surface area contributed by atoms with E-state index >= 15 is 0 Å². The predicted molar refractivity (Wildman–Crippen MR) is 99.0 cm³/mol. The van der Waals surface area contributed by atoms with E-state index in [1.54, 1.807) is 18.2 Å². The highest BCUT2D eigenvalue weighted by atomic mass is 16.7. The molecule has 6 heteroatoms. The Kier molecular flexibility index (Phi) is 5.63. The minimum absolute atomic E-state index is 0.222. The Hall–Kier alpha value is -3.15. The van der Waals surface area contributed by atoms with Gasteiger partial charge in [0, 0.05) is 12.1 Å². The molecule has 1 aliphatic rings. The Balaban J connectivity index is 1.71. The molecular weight excluding hydrogens is 334 g/mol. The molecule has 2 aromatic rings. The van der Waals surface area contributed by atoms with Crippen LogP contribution < -0.4 is 24.3 Å². The second kappa shape index (κ2) is 8.29. The van der Waals surface area contributed by atoms with Gasteiger partial charge in [-0.25, -0.2) is 0 Å². The summed E-state index contributed by atoms with van der Waals surface area (Å²) >= 11 is 0. The minimum Gasteiger partial charge on any atom is -0.494 e. The van der Waals surface area contributed by atoms with E-state index in [0.717, 1.165) is 5.56 Å². The third-order valence-electron chi connectivity index (χ3n) is 3.64. The summed E-state index contributed by atoms with van der Waals surface area (Å²) in [6.45, 7) is 5.07. The number of hydrogen-bond acceptors (Lipinski definition) is 5. The molecule has 2 aromatic carbocycles. The Morgan fingerprint density at radius 2 is 1.88 bits per heavy atom. The molecule has 6 nitrogen and oxygen atoms in total. The molecule has 1 aliphatic heterocycles. The van der Waals surface area contributed by atoms with Gasteiger partial charge in [-0.2, -0.15) is 0 Å². The molecule has 136 valence electrons. The Morgan fingerprint density at radius 3 is 2.69 bits per heavy atom. The molecule has 3 rings (SSSR count). The lowest BCUT2D eigenvalue weighted by molar-refractivity contribution is -0.111. The summed E-state index contributed by atoms with van der Waals surface area (Å²) in [5.74, 6) is 2.39. The monoisotopic (exact) mass is 355 g/mol. The highest BCUT2D eigenvalue weighted by Crippen LogP contribution is 2.33. The SMILES string of the molecule is CCOc1ccc(OCC)c(NC(=O)/C=C/c2ccc3c(c2)OCO3)c1. The van der Waals surface area contributed by atoms with E-state index in [9.17, 15) is 4.79 Å². The number of amides is 1. The van der Waals surface area contributed by atoms with Crippen LogP contribution in [0.25, 0.3) is 6.08 Å². The van der Waals surface area contributed by atoms with E-state index in [2.05, 4.69) is 5.32 Å². The van der Waals surface area contributed by atoms with Gasteiger partial charge in [0.25, 0.3) is 0 Å². The summed E-state index contributed by atoms with van der Waals surface area (Å²) < 4.78 is 21.6. The van der Waals surface area contributed by atoms with Crippen molar-refractivity contribution in [2.75, 3.05) is 25.3 Å². The predicted octanol–water partition coefficient (Wildman–Crippen LogP) is 3.86. The molecule has 0 bridgehead atoms. The fraction of sp³-hybridized carbons (Fsp3) is 0.250. The molecule has 0 aromatic heterocycles. The number of hydrogen-bond donors (Lipinski definition) is 1. The lowest BCUT2D eigenvalue weighted by Gasteiger charge is -2.12. The zero-order valence-electron chi connectivity index (χ0n) is 14.8. The number of carbonyl (C=O) groups excluding carboxylic acids is 1. The van der Waals surface area contributed by atoms with Crippen molar-refractivity contribution in [3.8, 4) is 23.0 Å². The van der Waals surface area contributed by atoms with Crippen LogP contribution in [0.3, 0.4) is 0 Å². The first-order valence-electron chi connectivity index (χ1n) is 8.48. The van der Waals surface area contributed by atoms with Gasteiger partial charge in [0.2, 0.25) is 12.7 Å². The normalized spacial score (nSPS) is 12.2. The van der Waals surface area contributed by atoms with E-state index in [0.29, 0.717) is 41.9 Å². The van der Waals surface area contributed by atoms with Crippen LogP contribution in [0.5, 0.6) is 23.0 Å². The van der Waals surface area contributed by atoms with Crippen LogP contribution in [0, 0.1) is 0 Å². The number of carbonyl (C=O) groups is 1. The summed E-state index contributed by atoms with van der Waals surface area (Å²) in [6, 6.07) is 10.9. The van der Waals surface area contributed by atoms with Gasteiger partial charge in [0.1, 0.15) is 11.5 Å². The molecule has 0 spiro atoms. The number of anilines is 1. The molecule has 1 amide bonds. The largest absolute Gasteiger partial charge is 0.494 e. The van der Waals surface area contributed by atoms with Crippen molar-refractivity contribution >= 4 is 17.7 Å². The van der Waals surface area contributed by atoms with E-state index < -0.39 is 0 Å². The summed E-state index contributed by atoms with van der Waals surface area (Å²) in [6.07, 6.45) is 3.17. The van der Waals surface area contributed by atoms with Gasteiger partial charge in [-0.3, -0.25) is 4.79 Å². The highest BCUT2D eigenvalue weighted by molar-refractivity contribution is 6.03. The van der Waals surface area contributed by atoms with Crippen molar-refractivity contribution in [1.82, 2.24) is 0 Å². The topological polar surface area (TPSA) is 66.0 Å². The third-order valence-corrected chi connectivity index (χ3v) is 3.64. The third kappa shape index (κ3) is 4.27. The van der Waals surface area contributed by atoms with E-state index in [4.69, 9.17) is 18.9 Å². The van der Waals surface area contributed by atoms with Crippen LogP contribution in [0.15, 0.2) is 42.5 Å². The van der Waals surface area contributed by atoms with Crippen molar-refractivity contribution in [2.45, 2.75) is 13.8 Å². The molecule has 0 saturated heterocycles. The standard InChI is InChI=1S/C20H21NO5/c1-3-23-15-7-9-17(24-4-2)16(12-15)21-20(22)10-6-14-5-8-18-19(11-14)26-13-25-18/h5-12H,3-4,13H2,1-2H3,(H,21,22)/b10-6+. The van der Waals surface area contributed by atoms with E-state index in [-0.39, 0.29) is 12.7 Å². The summed E-state index contributed by atoms with van der Waals surface area (Å²) in [4.78, 5) is 12.3. The zero-order valence-corrected chi connectivity index (χ0v) is 14.8. The fourth-order valence-corrected chi connectivity index (χ4v) is 2.51.